The van der Waals surface area contributed by atoms with Gasteiger partial charge in [-0.15, -0.1) is 0 Å². The summed E-state index contributed by atoms with van der Waals surface area (Å²) in [5.74, 6) is -1.00. The van der Waals surface area contributed by atoms with Gasteiger partial charge in [0.1, 0.15) is 5.75 Å². The van der Waals surface area contributed by atoms with Gasteiger partial charge >= 0.3 is 5.97 Å². The van der Waals surface area contributed by atoms with Crippen molar-refractivity contribution in [1.82, 2.24) is 0 Å². The second-order valence-electron chi connectivity index (χ2n) is 8.64. The number of anilines is 1. The summed E-state index contributed by atoms with van der Waals surface area (Å²) in [6, 6.07) is 33.0. The van der Waals surface area contributed by atoms with E-state index in [1.54, 1.807) is 97.1 Å². The summed E-state index contributed by atoms with van der Waals surface area (Å²) in [4.78, 5) is 26.5. The molecule has 0 spiro atoms. The van der Waals surface area contributed by atoms with Gasteiger partial charge in [0.15, 0.2) is 0 Å². The number of fused-ring (bicyclic) bond motifs is 1. The van der Waals surface area contributed by atoms with Gasteiger partial charge in [-0.05, 0) is 55.5 Å². The Morgan fingerprint density at radius 3 is 1.82 bits per heavy atom. The molecule has 5 aromatic carbocycles. The van der Waals surface area contributed by atoms with E-state index in [0.717, 1.165) is 9.87 Å². The van der Waals surface area contributed by atoms with Crippen LogP contribution in [0.2, 0.25) is 0 Å². The van der Waals surface area contributed by atoms with E-state index in [-0.39, 0.29) is 21.9 Å². The average molecular weight is 522 g/mol. The maximum Gasteiger partial charge on any atom is 0.343 e. The van der Waals surface area contributed by atoms with Crippen molar-refractivity contribution in [2.24, 2.45) is 0 Å². The van der Waals surface area contributed by atoms with Crippen molar-refractivity contribution in [3.8, 4) is 5.75 Å². The van der Waals surface area contributed by atoms with E-state index in [4.69, 9.17) is 4.74 Å². The lowest BCUT2D eigenvalue weighted by molar-refractivity contribution is 0.0736. The molecule has 0 atom stereocenters. The topological polar surface area (TPSA) is 80.8 Å². The van der Waals surface area contributed by atoms with Crippen LogP contribution in [0.1, 0.15) is 26.3 Å². The molecule has 188 valence electrons. The number of rotatable bonds is 6. The molecule has 5 aromatic rings. The zero-order valence-corrected chi connectivity index (χ0v) is 21.3. The zero-order valence-electron chi connectivity index (χ0n) is 20.4. The SMILES string of the molecule is Cc1ccc(S(=O)(=O)N(C(=O)c2ccccc2)c2ccc(OC(=O)c3ccccc3)c3ccccc23)cc1. The van der Waals surface area contributed by atoms with Crippen LogP contribution in [0.25, 0.3) is 10.8 Å². The quantitative estimate of drug-likeness (QED) is 0.191. The van der Waals surface area contributed by atoms with E-state index in [0.29, 0.717) is 16.3 Å². The average Bonchev–Trinajstić information content (AvgIpc) is 2.95. The van der Waals surface area contributed by atoms with Gasteiger partial charge in [-0.1, -0.05) is 78.4 Å². The smallest absolute Gasteiger partial charge is 0.343 e. The van der Waals surface area contributed by atoms with Crippen molar-refractivity contribution in [1.29, 1.82) is 0 Å². The van der Waals surface area contributed by atoms with Crippen LogP contribution in [0.15, 0.2) is 126 Å². The molecule has 38 heavy (non-hydrogen) atoms. The van der Waals surface area contributed by atoms with Crippen molar-refractivity contribution < 1.29 is 22.7 Å². The molecule has 0 aliphatic carbocycles. The molecule has 0 aromatic heterocycles. The second-order valence-corrected chi connectivity index (χ2v) is 10.4. The van der Waals surface area contributed by atoms with Crippen LogP contribution >= 0.6 is 0 Å². The fourth-order valence-corrected chi connectivity index (χ4v) is 5.55. The van der Waals surface area contributed by atoms with E-state index < -0.39 is 21.9 Å². The maximum absolute atomic E-state index is 14.0. The van der Waals surface area contributed by atoms with Gasteiger partial charge in [0.05, 0.1) is 16.1 Å². The van der Waals surface area contributed by atoms with Crippen LogP contribution in [-0.4, -0.2) is 20.3 Å². The number of sulfonamides is 1. The van der Waals surface area contributed by atoms with E-state index in [9.17, 15) is 18.0 Å². The summed E-state index contributed by atoms with van der Waals surface area (Å²) in [7, 11) is -4.31. The summed E-state index contributed by atoms with van der Waals surface area (Å²) >= 11 is 0. The van der Waals surface area contributed by atoms with E-state index in [2.05, 4.69) is 0 Å². The van der Waals surface area contributed by atoms with Crippen molar-refractivity contribution in [3.05, 3.63) is 138 Å². The predicted molar refractivity (Wildman–Crippen MR) is 147 cm³/mol. The monoisotopic (exact) mass is 521 g/mol. The summed E-state index contributed by atoms with van der Waals surface area (Å²) in [5, 5.41) is 0.921. The lowest BCUT2D eigenvalue weighted by atomic mass is 10.1. The number of hydrogen-bond donors (Lipinski definition) is 0. The highest BCUT2D eigenvalue weighted by Gasteiger charge is 2.33. The molecule has 1 amide bonds. The first-order valence-electron chi connectivity index (χ1n) is 11.9. The number of aryl methyl sites for hydroxylation is 1. The van der Waals surface area contributed by atoms with Crippen LogP contribution in [0.4, 0.5) is 5.69 Å². The van der Waals surface area contributed by atoms with E-state index in [1.165, 1.54) is 24.3 Å². The molecule has 0 bridgehead atoms. The normalized spacial score (nSPS) is 11.2. The second kappa shape index (κ2) is 10.3. The van der Waals surface area contributed by atoms with Gasteiger partial charge < -0.3 is 4.74 Å². The van der Waals surface area contributed by atoms with Crippen molar-refractivity contribution in [3.63, 3.8) is 0 Å². The van der Waals surface area contributed by atoms with Crippen LogP contribution in [0.5, 0.6) is 5.75 Å². The Labute approximate surface area is 220 Å². The van der Waals surface area contributed by atoms with Gasteiger partial charge in [0.25, 0.3) is 15.9 Å². The number of carbonyl (C=O) groups is 2. The fourth-order valence-electron chi connectivity index (χ4n) is 4.12. The molecule has 0 saturated carbocycles. The Bertz CT molecular complexity index is 1730. The highest BCUT2D eigenvalue weighted by Crippen LogP contribution is 2.37. The first-order valence-corrected chi connectivity index (χ1v) is 13.3. The molecule has 5 rings (SSSR count). The van der Waals surface area contributed by atoms with Gasteiger partial charge in [-0.2, -0.15) is 4.31 Å². The highest BCUT2D eigenvalue weighted by atomic mass is 32.2. The number of nitrogens with zero attached hydrogens (tertiary/aromatic N) is 1. The highest BCUT2D eigenvalue weighted by molar-refractivity contribution is 7.93. The molecule has 0 unspecified atom stereocenters. The third-order valence-electron chi connectivity index (χ3n) is 6.06. The fraction of sp³-hybridized carbons (Fsp3) is 0.0323. The molecule has 0 N–H and O–H groups in total. The van der Waals surface area contributed by atoms with Crippen LogP contribution in [-0.2, 0) is 10.0 Å². The summed E-state index contributed by atoms with van der Waals surface area (Å²) < 4.78 is 34.4. The number of ether oxygens (including phenoxy) is 1. The molecular formula is C31H23NO5S. The Kier molecular flexibility index (Phi) is 6.77. The largest absolute Gasteiger partial charge is 0.422 e. The van der Waals surface area contributed by atoms with Crippen LogP contribution < -0.4 is 9.04 Å². The molecule has 0 radical (unpaired) electrons. The van der Waals surface area contributed by atoms with Gasteiger partial charge in [-0.25, -0.2) is 13.2 Å². The molecule has 0 aliphatic rings. The van der Waals surface area contributed by atoms with Gasteiger partial charge in [-0.3, -0.25) is 4.79 Å². The van der Waals surface area contributed by atoms with Crippen LogP contribution in [0.3, 0.4) is 0 Å². The third kappa shape index (κ3) is 4.79. The van der Waals surface area contributed by atoms with Crippen molar-refractivity contribution in [2.45, 2.75) is 11.8 Å². The van der Waals surface area contributed by atoms with Crippen molar-refractivity contribution in [2.75, 3.05) is 4.31 Å². The van der Waals surface area contributed by atoms with E-state index in [1.807, 2.05) is 6.92 Å². The molecule has 6 nitrogen and oxygen atoms in total. The van der Waals surface area contributed by atoms with Crippen LogP contribution in [0, 0.1) is 6.92 Å². The number of carbonyl (C=O) groups excluding carboxylic acids is 2. The summed E-state index contributed by atoms with van der Waals surface area (Å²) in [6.45, 7) is 1.85. The van der Waals surface area contributed by atoms with Gasteiger partial charge in [0, 0.05) is 16.3 Å². The molecule has 0 aliphatic heterocycles. The Morgan fingerprint density at radius 2 is 1.18 bits per heavy atom. The van der Waals surface area contributed by atoms with Gasteiger partial charge in [0.2, 0.25) is 0 Å². The number of hydrogen-bond acceptors (Lipinski definition) is 5. The first kappa shape index (κ1) is 24.9. The minimum Gasteiger partial charge on any atom is -0.422 e. The number of esters is 1. The number of benzene rings is 5. The minimum atomic E-state index is -4.31. The Hall–Kier alpha value is -4.75. The molecule has 0 saturated heterocycles. The third-order valence-corrected chi connectivity index (χ3v) is 7.77. The lowest BCUT2D eigenvalue weighted by Gasteiger charge is -2.25. The zero-order chi connectivity index (χ0) is 26.7. The Morgan fingerprint density at radius 1 is 0.632 bits per heavy atom. The standard InChI is InChI=1S/C31H23NO5S/c1-22-16-18-25(19-17-22)38(35,36)32(30(33)23-10-4-2-5-11-23)28-20-21-29(27-15-9-8-14-26(27)28)37-31(34)24-12-6-3-7-13-24/h2-21H,1H3. The van der Waals surface area contributed by atoms with E-state index >= 15 is 0 Å². The summed E-state index contributed by atoms with van der Waals surface area (Å²) in [6.07, 6.45) is 0. The first-order chi connectivity index (χ1) is 18.4. The Balaban J connectivity index is 1.67. The predicted octanol–water partition coefficient (Wildman–Crippen LogP) is 6.40. The van der Waals surface area contributed by atoms with Crippen molar-refractivity contribution >= 4 is 38.4 Å². The lowest BCUT2D eigenvalue weighted by Crippen LogP contribution is -2.37. The molecule has 0 heterocycles. The molecular weight excluding hydrogens is 498 g/mol. The number of amides is 1. The minimum absolute atomic E-state index is 0.0176. The molecule has 0 fully saturated rings. The maximum atomic E-state index is 14.0. The molecule has 7 heteroatoms. The summed E-state index contributed by atoms with van der Waals surface area (Å²) in [5.41, 5.74) is 1.63.